The van der Waals surface area contributed by atoms with Gasteiger partial charge in [0, 0.05) is 0 Å². The SMILES string of the molecule is CC=C(c1ccccc1)c1cc(C)ccc1C. The number of rotatable bonds is 2. The highest BCUT2D eigenvalue weighted by Gasteiger charge is 2.06. The molecule has 0 bridgehead atoms. The highest BCUT2D eigenvalue weighted by Crippen LogP contribution is 2.26. The standard InChI is InChI=1S/C17H18/c1-4-16(15-8-6-5-7-9-15)17-12-13(2)10-11-14(17)3/h4-12H,1-3H3. The Hall–Kier alpha value is -1.82. The van der Waals surface area contributed by atoms with E-state index in [1.54, 1.807) is 0 Å². The highest BCUT2D eigenvalue weighted by molar-refractivity contribution is 5.81. The fourth-order valence-corrected chi connectivity index (χ4v) is 2.12. The summed E-state index contributed by atoms with van der Waals surface area (Å²) in [6.07, 6.45) is 2.19. The lowest BCUT2D eigenvalue weighted by Gasteiger charge is -2.12. The average molecular weight is 222 g/mol. The van der Waals surface area contributed by atoms with Gasteiger partial charge >= 0.3 is 0 Å². The van der Waals surface area contributed by atoms with Crippen LogP contribution < -0.4 is 0 Å². The van der Waals surface area contributed by atoms with Crippen molar-refractivity contribution in [3.8, 4) is 0 Å². The first-order valence-electron chi connectivity index (χ1n) is 6.01. The third kappa shape index (κ3) is 2.47. The van der Waals surface area contributed by atoms with Crippen LogP contribution in [-0.2, 0) is 0 Å². The second-order valence-corrected chi connectivity index (χ2v) is 4.39. The van der Waals surface area contributed by atoms with E-state index in [0.29, 0.717) is 0 Å². The molecule has 0 spiro atoms. The van der Waals surface area contributed by atoms with Gasteiger partial charge in [0.1, 0.15) is 0 Å². The van der Waals surface area contributed by atoms with Crippen molar-refractivity contribution in [3.63, 3.8) is 0 Å². The molecule has 0 aromatic heterocycles. The maximum atomic E-state index is 2.26. The molecular formula is C17H18. The Morgan fingerprint density at radius 2 is 1.65 bits per heavy atom. The molecule has 0 heteroatoms. The minimum absolute atomic E-state index is 1.28. The van der Waals surface area contributed by atoms with Crippen LogP contribution in [0, 0.1) is 13.8 Å². The van der Waals surface area contributed by atoms with Gasteiger partial charge < -0.3 is 0 Å². The molecule has 0 saturated carbocycles. The lowest BCUT2D eigenvalue weighted by Crippen LogP contribution is -1.92. The summed E-state index contributed by atoms with van der Waals surface area (Å²) in [5.41, 5.74) is 6.56. The van der Waals surface area contributed by atoms with E-state index in [2.05, 4.69) is 75.4 Å². The normalized spacial score (nSPS) is 11.6. The van der Waals surface area contributed by atoms with Gasteiger partial charge in [-0.3, -0.25) is 0 Å². The molecule has 2 aromatic rings. The molecule has 0 radical (unpaired) electrons. The zero-order valence-corrected chi connectivity index (χ0v) is 10.7. The Balaban J connectivity index is 2.54. The molecule has 86 valence electrons. The maximum Gasteiger partial charge on any atom is -0.0149 e. The van der Waals surface area contributed by atoms with Gasteiger partial charge in [0.15, 0.2) is 0 Å². The Labute approximate surface area is 104 Å². The van der Waals surface area contributed by atoms with Crippen molar-refractivity contribution in [2.45, 2.75) is 20.8 Å². The fourth-order valence-electron chi connectivity index (χ4n) is 2.12. The molecule has 2 aromatic carbocycles. The van der Waals surface area contributed by atoms with E-state index in [0.717, 1.165) is 0 Å². The first-order valence-corrected chi connectivity index (χ1v) is 6.01. The van der Waals surface area contributed by atoms with Crippen LogP contribution >= 0.6 is 0 Å². The van der Waals surface area contributed by atoms with Crippen molar-refractivity contribution in [3.05, 3.63) is 76.9 Å². The topological polar surface area (TPSA) is 0 Å². The second kappa shape index (κ2) is 5.01. The molecule has 17 heavy (non-hydrogen) atoms. The number of hydrogen-bond acceptors (Lipinski definition) is 0. The summed E-state index contributed by atoms with van der Waals surface area (Å²) >= 11 is 0. The molecule has 0 N–H and O–H groups in total. The summed E-state index contributed by atoms with van der Waals surface area (Å²) in [7, 11) is 0. The number of aryl methyl sites for hydroxylation is 2. The van der Waals surface area contributed by atoms with Gasteiger partial charge in [0.25, 0.3) is 0 Å². The van der Waals surface area contributed by atoms with E-state index < -0.39 is 0 Å². The molecule has 0 saturated heterocycles. The fraction of sp³-hybridized carbons (Fsp3) is 0.176. The summed E-state index contributed by atoms with van der Waals surface area (Å²) in [4.78, 5) is 0. The third-order valence-electron chi connectivity index (χ3n) is 3.06. The molecule has 0 fully saturated rings. The van der Waals surface area contributed by atoms with Gasteiger partial charge in [-0.1, -0.05) is 60.2 Å². The van der Waals surface area contributed by atoms with Crippen LogP contribution in [0.3, 0.4) is 0 Å². The minimum atomic E-state index is 1.28. The van der Waals surface area contributed by atoms with E-state index in [-0.39, 0.29) is 0 Å². The lowest BCUT2D eigenvalue weighted by atomic mass is 9.93. The van der Waals surface area contributed by atoms with Crippen molar-refractivity contribution in [1.82, 2.24) is 0 Å². The number of allylic oxidation sites excluding steroid dienone is 1. The molecule has 0 aliphatic rings. The Morgan fingerprint density at radius 1 is 0.941 bits per heavy atom. The maximum absolute atomic E-state index is 2.26. The Bertz CT molecular complexity index is 533. The number of benzene rings is 2. The van der Waals surface area contributed by atoms with Gasteiger partial charge in [-0.25, -0.2) is 0 Å². The van der Waals surface area contributed by atoms with Crippen LogP contribution in [0.25, 0.3) is 5.57 Å². The highest BCUT2D eigenvalue weighted by atomic mass is 14.1. The summed E-state index contributed by atoms with van der Waals surface area (Å²) in [5, 5.41) is 0. The molecule has 0 unspecified atom stereocenters. The van der Waals surface area contributed by atoms with E-state index in [9.17, 15) is 0 Å². The zero-order chi connectivity index (χ0) is 12.3. The third-order valence-corrected chi connectivity index (χ3v) is 3.06. The first-order chi connectivity index (χ1) is 8.22. The van der Waals surface area contributed by atoms with Gasteiger partial charge in [-0.15, -0.1) is 0 Å². The molecule has 2 rings (SSSR count). The van der Waals surface area contributed by atoms with Crippen LogP contribution in [0.5, 0.6) is 0 Å². The molecular weight excluding hydrogens is 204 g/mol. The van der Waals surface area contributed by atoms with Gasteiger partial charge in [0.2, 0.25) is 0 Å². The summed E-state index contributed by atoms with van der Waals surface area (Å²) in [6, 6.07) is 17.2. The monoisotopic (exact) mass is 222 g/mol. The van der Waals surface area contributed by atoms with Crippen molar-refractivity contribution in [2.24, 2.45) is 0 Å². The minimum Gasteiger partial charge on any atom is -0.0792 e. The summed E-state index contributed by atoms with van der Waals surface area (Å²) in [5.74, 6) is 0. The van der Waals surface area contributed by atoms with Crippen molar-refractivity contribution >= 4 is 5.57 Å². The van der Waals surface area contributed by atoms with Crippen LogP contribution in [-0.4, -0.2) is 0 Å². The van der Waals surface area contributed by atoms with Crippen LogP contribution in [0.4, 0.5) is 0 Å². The van der Waals surface area contributed by atoms with E-state index in [1.807, 2.05) is 0 Å². The van der Waals surface area contributed by atoms with Gasteiger partial charge in [-0.2, -0.15) is 0 Å². The van der Waals surface area contributed by atoms with Crippen LogP contribution in [0.2, 0.25) is 0 Å². The van der Waals surface area contributed by atoms with Crippen LogP contribution in [0.15, 0.2) is 54.6 Å². The largest absolute Gasteiger partial charge is 0.0792 e. The van der Waals surface area contributed by atoms with Crippen molar-refractivity contribution in [1.29, 1.82) is 0 Å². The predicted octanol–water partition coefficient (Wildman–Crippen LogP) is 4.76. The van der Waals surface area contributed by atoms with Gasteiger partial charge in [0.05, 0.1) is 0 Å². The summed E-state index contributed by atoms with van der Waals surface area (Å²) in [6.45, 7) is 6.41. The smallest absolute Gasteiger partial charge is 0.0149 e. The zero-order valence-electron chi connectivity index (χ0n) is 10.7. The van der Waals surface area contributed by atoms with E-state index in [1.165, 1.54) is 27.8 Å². The average Bonchev–Trinajstić information content (AvgIpc) is 2.36. The summed E-state index contributed by atoms with van der Waals surface area (Å²) < 4.78 is 0. The second-order valence-electron chi connectivity index (χ2n) is 4.39. The van der Waals surface area contributed by atoms with Crippen LogP contribution in [0.1, 0.15) is 29.2 Å². The quantitative estimate of drug-likeness (QED) is 0.687. The van der Waals surface area contributed by atoms with Crippen molar-refractivity contribution < 1.29 is 0 Å². The predicted molar refractivity (Wildman–Crippen MR) is 75.1 cm³/mol. The molecule has 0 heterocycles. The molecule has 0 atom stereocenters. The van der Waals surface area contributed by atoms with E-state index >= 15 is 0 Å². The van der Waals surface area contributed by atoms with Crippen molar-refractivity contribution in [2.75, 3.05) is 0 Å². The molecule has 0 aliphatic carbocycles. The molecule has 0 aliphatic heterocycles. The lowest BCUT2D eigenvalue weighted by molar-refractivity contribution is 1.35. The van der Waals surface area contributed by atoms with Gasteiger partial charge in [-0.05, 0) is 43.0 Å². The Morgan fingerprint density at radius 3 is 2.29 bits per heavy atom. The molecule has 0 amide bonds. The number of hydrogen-bond donors (Lipinski definition) is 0. The Kier molecular flexibility index (Phi) is 3.43. The van der Waals surface area contributed by atoms with E-state index in [4.69, 9.17) is 0 Å². The first kappa shape index (κ1) is 11.7. The molecule has 0 nitrogen and oxygen atoms in total.